The van der Waals surface area contributed by atoms with Crippen molar-refractivity contribution in [1.82, 2.24) is 15.1 Å². The summed E-state index contributed by atoms with van der Waals surface area (Å²) in [5.74, 6) is 0.510. The number of urea groups is 1. The monoisotopic (exact) mass is 251 g/mol. The van der Waals surface area contributed by atoms with Crippen LogP contribution in [0.5, 0.6) is 0 Å². The number of imide groups is 1. The molecule has 3 amide bonds. The summed E-state index contributed by atoms with van der Waals surface area (Å²) in [7, 11) is 0. The number of carbonyl (C=O) groups is 2. The second-order valence-electron chi connectivity index (χ2n) is 5.74. The second kappa shape index (κ2) is 4.88. The minimum absolute atomic E-state index is 0.0197. The van der Waals surface area contributed by atoms with E-state index in [1.807, 2.05) is 4.90 Å². The van der Waals surface area contributed by atoms with E-state index in [0.717, 1.165) is 45.4 Å². The third kappa shape index (κ3) is 2.11. The Hall–Kier alpha value is -1.10. The van der Waals surface area contributed by atoms with Crippen LogP contribution >= 0.6 is 0 Å². The van der Waals surface area contributed by atoms with Crippen LogP contribution in [-0.4, -0.2) is 54.5 Å². The van der Waals surface area contributed by atoms with Gasteiger partial charge in [-0.15, -0.1) is 0 Å². The molecule has 3 fully saturated rings. The molecule has 0 aromatic carbocycles. The molecular weight excluding hydrogens is 230 g/mol. The lowest BCUT2D eigenvalue weighted by Gasteiger charge is -2.42. The molecule has 18 heavy (non-hydrogen) atoms. The van der Waals surface area contributed by atoms with Crippen molar-refractivity contribution in [2.45, 2.75) is 25.7 Å². The third-order valence-corrected chi connectivity index (χ3v) is 4.36. The van der Waals surface area contributed by atoms with Gasteiger partial charge in [0, 0.05) is 26.2 Å². The summed E-state index contributed by atoms with van der Waals surface area (Å²) in [5, 5.41) is 3.28. The van der Waals surface area contributed by atoms with Gasteiger partial charge in [0.25, 0.3) is 0 Å². The van der Waals surface area contributed by atoms with E-state index < -0.39 is 0 Å². The van der Waals surface area contributed by atoms with E-state index >= 15 is 0 Å². The van der Waals surface area contributed by atoms with Crippen molar-refractivity contribution in [3.05, 3.63) is 0 Å². The highest BCUT2D eigenvalue weighted by Gasteiger charge is 2.40. The summed E-state index contributed by atoms with van der Waals surface area (Å²) in [6, 6.07) is -0.0451. The largest absolute Gasteiger partial charge is 0.326 e. The van der Waals surface area contributed by atoms with Crippen LogP contribution in [0, 0.1) is 11.8 Å². The molecule has 3 aliphatic heterocycles. The van der Waals surface area contributed by atoms with Gasteiger partial charge in [0.15, 0.2) is 0 Å². The van der Waals surface area contributed by atoms with Crippen molar-refractivity contribution in [2.75, 3.05) is 32.7 Å². The molecule has 0 saturated carbocycles. The number of nitrogens with one attached hydrogen (secondary N) is 1. The van der Waals surface area contributed by atoms with Gasteiger partial charge < -0.3 is 10.2 Å². The molecular formula is C13H21N3O2. The van der Waals surface area contributed by atoms with E-state index in [1.54, 1.807) is 0 Å². The smallest absolute Gasteiger partial charge is 0.324 e. The van der Waals surface area contributed by atoms with Crippen molar-refractivity contribution in [2.24, 2.45) is 11.8 Å². The minimum atomic E-state index is -0.0451. The Morgan fingerprint density at radius 1 is 1.17 bits per heavy atom. The minimum Gasteiger partial charge on any atom is -0.324 e. The second-order valence-corrected chi connectivity index (χ2v) is 5.74. The van der Waals surface area contributed by atoms with E-state index in [0.29, 0.717) is 12.5 Å². The predicted octanol–water partition coefficient (Wildman–Crippen LogP) is 0.660. The highest BCUT2D eigenvalue weighted by molar-refractivity contribution is 5.96. The van der Waals surface area contributed by atoms with E-state index in [9.17, 15) is 9.59 Å². The van der Waals surface area contributed by atoms with Crippen molar-refractivity contribution in [3.8, 4) is 0 Å². The number of amides is 3. The van der Waals surface area contributed by atoms with Gasteiger partial charge in [0.2, 0.25) is 5.91 Å². The Labute approximate surface area is 107 Å². The van der Waals surface area contributed by atoms with Gasteiger partial charge in [-0.1, -0.05) is 0 Å². The van der Waals surface area contributed by atoms with Crippen LogP contribution in [0.2, 0.25) is 0 Å². The van der Waals surface area contributed by atoms with Gasteiger partial charge in [0.1, 0.15) is 0 Å². The summed E-state index contributed by atoms with van der Waals surface area (Å²) in [4.78, 5) is 28.0. The lowest BCUT2D eigenvalue weighted by atomic mass is 9.85. The van der Waals surface area contributed by atoms with Crippen LogP contribution in [0.4, 0.5) is 4.79 Å². The van der Waals surface area contributed by atoms with Crippen LogP contribution in [0.1, 0.15) is 25.7 Å². The van der Waals surface area contributed by atoms with Crippen molar-refractivity contribution in [3.63, 3.8) is 0 Å². The van der Waals surface area contributed by atoms with Gasteiger partial charge >= 0.3 is 6.03 Å². The zero-order valence-electron chi connectivity index (χ0n) is 10.7. The fourth-order valence-electron chi connectivity index (χ4n) is 3.35. The summed E-state index contributed by atoms with van der Waals surface area (Å²) < 4.78 is 0. The van der Waals surface area contributed by atoms with E-state index in [4.69, 9.17) is 0 Å². The van der Waals surface area contributed by atoms with Gasteiger partial charge in [0.05, 0.1) is 5.92 Å². The molecule has 0 aliphatic carbocycles. The molecule has 2 bridgehead atoms. The fraction of sp³-hybridized carbons (Fsp3) is 0.846. The van der Waals surface area contributed by atoms with Crippen LogP contribution in [0.15, 0.2) is 0 Å². The number of fused-ring (bicyclic) bond motifs is 2. The first-order chi connectivity index (χ1) is 8.75. The highest BCUT2D eigenvalue weighted by Crippen LogP contribution is 2.27. The molecule has 5 nitrogen and oxygen atoms in total. The van der Waals surface area contributed by atoms with E-state index in [2.05, 4.69) is 5.32 Å². The summed E-state index contributed by atoms with van der Waals surface area (Å²) in [5.41, 5.74) is 0. The van der Waals surface area contributed by atoms with Crippen LogP contribution < -0.4 is 5.32 Å². The lowest BCUT2D eigenvalue weighted by Crippen LogP contribution is -2.59. The molecule has 1 N–H and O–H groups in total. The maximum Gasteiger partial charge on any atom is 0.326 e. The maximum absolute atomic E-state index is 12.4. The van der Waals surface area contributed by atoms with Gasteiger partial charge in [-0.2, -0.15) is 0 Å². The number of carbonyl (C=O) groups excluding carboxylic acids is 2. The van der Waals surface area contributed by atoms with E-state index in [1.165, 1.54) is 11.3 Å². The van der Waals surface area contributed by atoms with E-state index in [-0.39, 0.29) is 17.9 Å². The summed E-state index contributed by atoms with van der Waals surface area (Å²) >= 11 is 0. The summed E-state index contributed by atoms with van der Waals surface area (Å²) in [6.07, 6.45) is 4.30. The molecule has 0 spiro atoms. The van der Waals surface area contributed by atoms with Gasteiger partial charge in [-0.3, -0.25) is 9.69 Å². The average molecular weight is 251 g/mol. The molecule has 3 saturated heterocycles. The molecule has 3 aliphatic rings. The number of hydrogen-bond donors (Lipinski definition) is 1. The Balaban J connectivity index is 1.70. The molecule has 2 atom stereocenters. The normalized spacial score (nSPS) is 32.6. The number of rotatable bonds is 0. The molecule has 3 heterocycles. The molecule has 5 heteroatoms. The quantitative estimate of drug-likeness (QED) is 0.688. The molecule has 100 valence electrons. The maximum atomic E-state index is 12.4. The first-order valence-corrected chi connectivity index (χ1v) is 7.06. The Morgan fingerprint density at radius 3 is 2.72 bits per heavy atom. The average Bonchev–Trinajstić information content (AvgIpc) is 2.43. The first kappa shape index (κ1) is 12.0. The number of piperidine rings is 3. The van der Waals surface area contributed by atoms with Gasteiger partial charge in [-0.05, 0) is 38.1 Å². The number of likely N-dealkylation sites (tertiary alicyclic amines) is 2. The van der Waals surface area contributed by atoms with Crippen LogP contribution in [-0.2, 0) is 4.79 Å². The standard InChI is InChI=1S/C13H21N3O2/c17-12-11-6-10(7-14-8-11)9-16(12)13(18)15-4-2-1-3-5-15/h10-11,14H,1-9H2. The predicted molar refractivity (Wildman–Crippen MR) is 67.0 cm³/mol. The van der Waals surface area contributed by atoms with Crippen LogP contribution in [0.3, 0.4) is 0 Å². The Bertz CT molecular complexity index is 352. The Morgan fingerprint density at radius 2 is 1.94 bits per heavy atom. The number of nitrogens with zero attached hydrogens (tertiary/aromatic N) is 2. The molecule has 0 radical (unpaired) electrons. The van der Waals surface area contributed by atoms with Crippen molar-refractivity contribution in [1.29, 1.82) is 0 Å². The van der Waals surface area contributed by atoms with Crippen LogP contribution in [0.25, 0.3) is 0 Å². The highest BCUT2D eigenvalue weighted by atomic mass is 16.2. The lowest BCUT2D eigenvalue weighted by molar-refractivity contribution is -0.138. The molecule has 3 rings (SSSR count). The first-order valence-electron chi connectivity index (χ1n) is 7.06. The van der Waals surface area contributed by atoms with Gasteiger partial charge in [-0.25, -0.2) is 4.79 Å². The topological polar surface area (TPSA) is 52.7 Å². The third-order valence-electron chi connectivity index (χ3n) is 4.36. The number of hydrogen-bond acceptors (Lipinski definition) is 3. The van der Waals surface area contributed by atoms with Crippen molar-refractivity contribution < 1.29 is 9.59 Å². The fourth-order valence-corrected chi connectivity index (χ4v) is 3.35. The zero-order valence-corrected chi connectivity index (χ0v) is 10.7. The Kier molecular flexibility index (Phi) is 3.24. The zero-order chi connectivity index (χ0) is 12.5. The summed E-state index contributed by atoms with van der Waals surface area (Å²) in [6.45, 7) is 3.91. The SMILES string of the molecule is O=C1C2CNCC(C2)CN1C(=O)N1CCCCC1. The molecule has 0 aromatic heterocycles. The molecule has 2 unspecified atom stereocenters. The molecule has 0 aromatic rings. The van der Waals surface area contributed by atoms with Crippen molar-refractivity contribution >= 4 is 11.9 Å².